The van der Waals surface area contributed by atoms with Gasteiger partial charge in [-0.3, -0.25) is 4.21 Å². The van der Waals surface area contributed by atoms with Crippen molar-refractivity contribution < 1.29 is 4.21 Å². The molecule has 0 aromatic heterocycles. The molecule has 1 N–H and O–H groups in total. The highest BCUT2D eigenvalue weighted by molar-refractivity contribution is 7.84. The Hall–Kier alpha value is 0.110. The maximum atomic E-state index is 11.2. The Kier molecular flexibility index (Phi) is 5.98. The van der Waals surface area contributed by atoms with Gasteiger partial charge in [0, 0.05) is 28.3 Å². The third kappa shape index (κ3) is 4.54. The molecule has 1 aliphatic carbocycles. The van der Waals surface area contributed by atoms with E-state index in [0.29, 0.717) is 11.3 Å². The third-order valence-corrected chi connectivity index (χ3v) is 5.32. The number of nitrogens with one attached hydrogen (secondary N) is 1. The van der Waals surface area contributed by atoms with Crippen LogP contribution in [0.1, 0.15) is 46.5 Å². The van der Waals surface area contributed by atoms with E-state index in [0.717, 1.165) is 24.8 Å². The van der Waals surface area contributed by atoms with Gasteiger partial charge in [-0.2, -0.15) is 0 Å². The van der Waals surface area contributed by atoms with Crippen LogP contribution in [0.5, 0.6) is 0 Å². The maximum absolute atomic E-state index is 11.2. The fourth-order valence-corrected chi connectivity index (χ4v) is 3.06. The second kappa shape index (κ2) is 6.75. The second-order valence-corrected chi connectivity index (χ2v) is 7.36. The van der Waals surface area contributed by atoms with E-state index in [1.54, 1.807) is 6.26 Å². The minimum atomic E-state index is -0.671. The fraction of sp³-hybridized carbons (Fsp3) is 1.00. The first kappa shape index (κ1) is 14.2. The minimum absolute atomic E-state index is 0.324. The third-order valence-electron chi connectivity index (χ3n) is 3.96. The van der Waals surface area contributed by atoms with Gasteiger partial charge in [-0.05, 0) is 44.1 Å². The first-order valence-corrected chi connectivity index (χ1v) is 8.18. The van der Waals surface area contributed by atoms with Crippen molar-refractivity contribution in [3.05, 3.63) is 0 Å². The van der Waals surface area contributed by atoms with Gasteiger partial charge in [0.1, 0.15) is 0 Å². The van der Waals surface area contributed by atoms with Gasteiger partial charge in [0.15, 0.2) is 0 Å². The monoisotopic (exact) mass is 245 g/mol. The highest BCUT2D eigenvalue weighted by Gasteiger charge is 2.24. The number of rotatable bonds is 5. The second-order valence-electron chi connectivity index (χ2n) is 5.55. The summed E-state index contributed by atoms with van der Waals surface area (Å²) in [5.74, 6) is 1.70. The quantitative estimate of drug-likeness (QED) is 0.806. The van der Waals surface area contributed by atoms with Crippen molar-refractivity contribution in [1.29, 1.82) is 0 Å². The van der Waals surface area contributed by atoms with Crippen molar-refractivity contribution in [1.82, 2.24) is 5.32 Å². The Labute approximate surface area is 103 Å². The van der Waals surface area contributed by atoms with E-state index in [4.69, 9.17) is 0 Å². The summed E-state index contributed by atoms with van der Waals surface area (Å²) in [5, 5.41) is 3.97. The molecule has 2 nitrogen and oxygen atoms in total. The zero-order valence-electron chi connectivity index (χ0n) is 11.2. The van der Waals surface area contributed by atoms with E-state index in [2.05, 4.69) is 26.1 Å². The molecular weight excluding hydrogens is 218 g/mol. The van der Waals surface area contributed by atoms with Gasteiger partial charge in [0.25, 0.3) is 0 Å². The molecule has 1 aliphatic rings. The zero-order chi connectivity index (χ0) is 12.1. The smallest absolute Gasteiger partial charge is 0.0329 e. The van der Waals surface area contributed by atoms with E-state index < -0.39 is 10.8 Å². The highest BCUT2D eigenvalue weighted by atomic mass is 32.2. The summed E-state index contributed by atoms with van der Waals surface area (Å²) >= 11 is 0. The van der Waals surface area contributed by atoms with Crippen LogP contribution in [0, 0.1) is 11.8 Å². The molecule has 16 heavy (non-hydrogen) atoms. The van der Waals surface area contributed by atoms with Crippen LogP contribution in [0.25, 0.3) is 0 Å². The molecule has 0 spiro atoms. The molecule has 0 amide bonds. The largest absolute Gasteiger partial charge is 0.314 e. The van der Waals surface area contributed by atoms with Crippen LogP contribution in [0.15, 0.2) is 0 Å². The highest BCUT2D eigenvalue weighted by Crippen LogP contribution is 2.28. The molecule has 1 saturated carbocycles. The fourth-order valence-electron chi connectivity index (χ4n) is 2.61. The Bertz CT molecular complexity index is 232. The van der Waals surface area contributed by atoms with Crippen LogP contribution < -0.4 is 5.32 Å². The molecule has 0 aromatic carbocycles. The molecule has 0 unspecified atom stereocenters. The number of hydrogen-bond acceptors (Lipinski definition) is 2. The zero-order valence-corrected chi connectivity index (χ0v) is 12.0. The van der Waals surface area contributed by atoms with Crippen molar-refractivity contribution in [2.24, 2.45) is 11.8 Å². The molecule has 0 aliphatic heterocycles. The molecule has 96 valence electrons. The molecule has 1 fully saturated rings. The Balaban J connectivity index is 2.20. The molecule has 1 rings (SSSR count). The summed E-state index contributed by atoms with van der Waals surface area (Å²) in [7, 11) is -0.671. The molecule has 0 aromatic rings. The van der Waals surface area contributed by atoms with E-state index in [1.807, 2.05) is 0 Å². The lowest BCUT2D eigenvalue weighted by molar-refractivity contribution is 0.228. The van der Waals surface area contributed by atoms with Crippen molar-refractivity contribution in [3.63, 3.8) is 0 Å². The van der Waals surface area contributed by atoms with Gasteiger partial charge < -0.3 is 5.32 Å². The standard InChI is InChI=1S/C13H27NOS/c1-10-5-6-13(11(2)9-10)14-8-7-12(3)16(4)15/h10-14H,5-9H2,1-4H3/t10-,11+,12+,13-,16-/m1/s1. The van der Waals surface area contributed by atoms with Gasteiger partial charge in [-0.25, -0.2) is 0 Å². The lowest BCUT2D eigenvalue weighted by atomic mass is 9.80. The molecular formula is C13H27NOS. The SMILES string of the molecule is C[C@@H]1CC[C@@H](NCC[C@H](C)[S@@](C)=O)[C@@H](C)C1. The summed E-state index contributed by atoms with van der Waals surface area (Å²) < 4.78 is 11.2. The van der Waals surface area contributed by atoms with E-state index in [9.17, 15) is 4.21 Å². The van der Waals surface area contributed by atoms with Crippen molar-refractivity contribution in [2.75, 3.05) is 12.8 Å². The molecule has 0 bridgehead atoms. The molecule has 0 radical (unpaired) electrons. The average molecular weight is 245 g/mol. The predicted molar refractivity (Wildman–Crippen MR) is 72.1 cm³/mol. The van der Waals surface area contributed by atoms with E-state index in [-0.39, 0.29) is 0 Å². The van der Waals surface area contributed by atoms with Gasteiger partial charge in [0.2, 0.25) is 0 Å². The molecule has 5 atom stereocenters. The van der Waals surface area contributed by atoms with Crippen molar-refractivity contribution in [3.8, 4) is 0 Å². The van der Waals surface area contributed by atoms with Crippen LogP contribution in [-0.4, -0.2) is 28.3 Å². The lowest BCUT2D eigenvalue weighted by Gasteiger charge is -2.33. The Morgan fingerprint density at radius 3 is 2.62 bits per heavy atom. The summed E-state index contributed by atoms with van der Waals surface area (Å²) in [6.07, 6.45) is 6.85. The normalized spacial score (nSPS) is 34.6. The van der Waals surface area contributed by atoms with Crippen LogP contribution in [-0.2, 0) is 10.8 Å². The van der Waals surface area contributed by atoms with Crippen LogP contribution in [0.2, 0.25) is 0 Å². The van der Waals surface area contributed by atoms with Crippen molar-refractivity contribution in [2.45, 2.75) is 57.7 Å². The van der Waals surface area contributed by atoms with Gasteiger partial charge >= 0.3 is 0 Å². The van der Waals surface area contributed by atoms with Crippen molar-refractivity contribution >= 4 is 10.8 Å². The van der Waals surface area contributed by atoms with Gasteiger partial charge in [-0.15, -0.1) is 0 Å². The van der Waals surface area contributed by atoms with E-state index >= 15 is 0 Å². The maximum Gasteiger partial charge on any atom is 0.0329 e. The Morgan fingerprint density at radius 1 is 1.38 bits per heavy atom. The summed E-state index contributed by atoms with van der Waals surface area (Å²) in [4.78, 5) is 0. The Morgan fingerprint density at radius 2 is 2.06 bits per heavy atom. The first-order valence-electron chi connectivity index (χ1n) is 6.56. The van der Waals surface area contributed by atoms with Gasteiger partial charge in [0.05, 0.1) is 0 Å². The van der Waals surface area contributed by atoms with Crippen LogP contribution in [0.3, 0.4) is 0 Å². The minimum Gasteiger partial charge on any atom is -0.314 e. The predicted octanol–water partition coefficient (Wildman–Crippen LogP) is 2.56. The molecule has 0 saturated heterocycles. The summed E-state index contributed by atoms with van der Waals surface area (Å²) in [6.45, 7) is 7.80. The van der Waals surface area contributed by atoms with Gasteiger partial charge in [-0.1, -0.05) is 20.8 Å². The van der Waals surface area contributed by atoms with Crippen LogP contribution in [0.4, 0.5) is 0 Å². The molecule has 0 heterocycles. The topological polar surface area (TPSA) is 29.1 Å². The lowest BCUT2D eigenvalue weighted by Crippen LogP contribution is -2.40. The first-order chi connectivity index (χ1) is 7.50. The summed E-state index contributed by atoms with van der Waals surface area (Å²) in [5.41, 5.74) is 0. The van der Waals surface area contributed by atoms with E-state index in [1.165, 1.54) is 19.3 Å². The molecule has 3 heteroatoms. The summed E-state index contributed by atoms with van der Waals surface area (Å²) in [6, 6.07) is 0.689. The van der Waals surface area contributed by atoms with Crippen LogP contribution >= 0.6 is 0 Å². The number of hydrogen-bond donors (Lipinski definition) is 1. The average Bonchev–Trinajstić information content (AvgIpc) is 2.20.